The fraction of sp³-hybridized carbons (Fsp3) is 0.182. The molecule has 0 aliphatic heterocycles. The van der Waals surface area contributed by atoms with Crippen LogP contribution in [0.5, 0.6) is 0 Å². The first-order chi connectivity index (χ1) is 8.19. The van der Waals surface area contributed by atoms with E-state index in [2.05, 4.69) is 10.3 Å². The minimum atomic E-state index is -0.256. The van der Waals surface area contributed by atoms with Crippen molar-refractivity contribution in [3.8, 4) is 0 Å². The number of benzene rings is 1. The lowest BCUT2D eigenvalue weighted by Crippen LogP contribution is -2.14. The number of nitrogens with zero attached hydrogens (tertiary/aromatic N) is 1. The maximum absolute atomic E-state index is 9.34. The summed E-state index contributed by atoms with van der Waals surface area (Å²) in [6, 6.07) is 7.01. The fourth-order valence-electron chi connectivity index (χ4n) is 1.36. The standard InChI is InChI=1S/C11H10Cl2N2OS/c12-7-1-3-8(4-2-7)15-9(6-16)11-14-5-10(13)17-11/h1-5,9,15-16H,6H2. The quantitative estimate of drug-likeness (QED) is 0.904. The van der Waals surface area contributed by atoms with E-state index in [4.69, 9.17) is 23.2 Å². The van der Waals surface area contributed by atoms with Gasteiger partial charge in [0.25, 0.3) is 0 Å². The van der Waals surface area contributed by atoms with Crippen LogP contribution in [0.3, 0.4) is 0 Å². The highest BCUT2D eigenvalue weighted by Crippen LogP contribution is 2.26. The Hall–Kier alpha value is -0.810. The van der Waals surface area contributed by atoms with Gasteiger partial charge in [0.15, 0.2) is 0 Å². The minimum Gasteiger partial charge on any atom is -0.394 e. The summed E-state index contributed by atoms with van der Waals surface area (Å²) in [6.45, 7) is -0.0491. The third-order valence-corrected chi connectivity index (χ3v) is 3.64. The van der Waals surface area contributed by atoms with Crippen molar-refractivity contribution in [2.24, 2.45) is 0 Å². The van der Waals surface area contributed by atoms with Gasteiger partial charge in [0, 0.05) is 10.7 Å². The molecule has 2 rings (SSSR count). The number of halogens is 2. The van der Waals surface area contributed by atoms with E-state index in [1.54, 1.807) is 18.3 Å². The summed E-state index contributed by atoms with van der Waals surface area (Å²) >= 11 is 13.0. The Morgan fingerprint density at radius 1 is 1.29 bits per heavy atom. The highest BCUT2D eigenvalue weighted by molar-refractivity contribution is 7.15. The maximum Gasteiger partial charge on any atom is 0.119 e. The Bertz CT molecular complexity index is 486. The molecule has 0 bridgehead atoms. The lowest BCUT2D eigenvalue weighted by atomic mass is 10.2. The molecule has 0 aliphatic rings. The Morgan fingerprint density at radius 3 is 2.53 bits per heavy atom. The van der Waals surface area contributed by atoms with Crippen LogP contribution in [0.1, 0.15) is 11.0 Å². The molecule has 0 fully saturated rings. The van der Waals surface area contributed by atoms with Crippen LogP contribution in [0.4, 0.5) is 5.69 Å². The van der Waals surface area contributed by atoms with Crippen LogP contribution in [0.2, 0.25) is 9.36 Å². The molecule has 0 radical (unpaired) electrons. The van der Waals surface area contributed by atoms with E-state index in [-0.39, 0.29) is 12.6 Å². The van der Waals surface area contributed by atoms with Gasteiger partial charge < -0.3 is 10.4 Å². The van der Waals surface area contributed by atoms with Gasteiger partial charge in [-0.05, 0) is 24.3 Å². The van der Waals surface area contributed by atoms with Crippen molar-refractivity contribution in [2.45, 2.75) is 6.04 Å². The van der Waals surface area contributed by atoms with Gasteiger partial charge in [-0.15, -0.1) is 11.3 Å². The van der Waals surface area contributed by atoms with Gasteiger partial charge in [-0.1, -0.05) is 23.2 Å². The van der Waals surface area contributed by atoms with E-state index in [0.29, 0.717) is 9.36 Å². The van der Waals surface area contributed by atoms with Crippen LogP contribution in [0.15, 0.2) is 30.5 Å². The van der Waals surface area contributed by atoms with Gasteiger partial charge in [-0.3, -0.25) is 0 Å². The number of aliphatic hydroxyl groups excluding tert-OH is 1. The SMILES string of the molecule is OCC(Nc1ccc(Cl)cc1)c1ncc(Cl)s1. The van der Waals surface area contributed by atoms with Crippen molar-refractivity contribution in [2.75, 3.05) is 11.9 Å². The molecule has 1 aromatic carbocycles. The topological polar surface area (TPSA) is 45.1 Å². The van der Waals surface area contributed by atoms with Gasteiger partial charge >= 0.3 is 0 Å². The molecule has 6 heteroatoms. The molecule has 1 atom stereocenters. The van der Waals surface area contributed by atoms with Gasteiger partial charge in [0.1, 0.15) is 15.4 Å². The van der Waals surface area contributed by atoms with Crippen LogP contribution in [-0.2, 0) is 0 Å². The van der Waals surface area contributed by atoms with Crippen molar-refractivity contribution in [1.82, 2.24) is 4.98 Å². The van der Waals surface area contributed by atoms with Crippen LogP contribution in [0.25, 0.3) is 0 Å². The maximum atomic E-state index is 9.34. The van der Waals surface area contributed by atoms with E-state index in [0.717, 1.165) is 10.7 Å². The van der Waals surface area contributed by atoms with Crippen molar-refractivity contribution >= 4 is 40.2 Å². The number of hydrogen-bond donors (Lipinski definition) is 2. The van der Waals surface area contributed by atoms with E-state index in [1.807, 2.05) is 12.1 Å². The molecule has 0 saturated heterocycles. The van der Waals surface area contributed by atoms with Crippen molar-refractivity contribution < 1.29 is 5.11 Å². The first kappa shape index (κ1) is 12.6. The highest BCUT2D eigenvalue weighted by atomic mass is 35.5. The van der Waals surface area contributed by atoms with Crippen LogP contribution in [-0.4, -0.2) is 16.7 Å². The largest absolute Gasteiger partial charge is 0.394 e. The summed E-state index contributed by atoms with van der Waals surface area (Å²) in [7, 11) is 0. The monoisotopic (exact) mass is 288 g/mol. The fourth-order valence-corrected chi connectivity index (χ4v) is 2.46. The third kappa shape index (κ3) is 3.33. The molecule has 3 nitrogen and oxygen atoms in total. The molecule has 0 aliphatic carbocycles. The zero-order chi connectivity index (χ0) is 12.3. The number of thiazole rings is 1. The van der Waals surface area contributed by atoms with Crippen molar-refractivity contribution in [3.05, 3.63) is 44.8 Å². The summed E-state index contributed by atoms with van der Waals surface area (Å²) in [4.78, 5) is 4.14. The number of aliphatic hydroxyl groups is 1. The minimum absolute atomic E-state index is 0.0491. The lowest BCUT2D eigenvalue weighted by molar-refractivity contribution is 0.276. The second kappa shape index (κ2) is 5.69. The lowest BCUT2D eigenvalue weighted by Gasteiger charge is -2.14. The molecule has 0 spiro atoms. The van der Waals surface area contributed by atoms with E-state index < -0.39 is 0 Å². The van der Waals surface area contributed by atoms with Gasteiger partial charge in [-0.25, -0.2) is 4.98 Å². The normalized spacial score (nSPS) is 12.4. The molecule has 90 valence electrons. The number of hydrogen-bond acceptors (Lipinski definition) is 4. The predicted molar refractivity (Wildman–Crippen MR) is 72.0 cm³/mol. The van der Waals surface area contributed by atoms with E-state index >= 15 is 0 Å². The molecular formula is C11H10Cl2N2OS. The Labute approximate surface area is 113 Å². The summed E-state index contributed by atoms with van der Waals surface area (Å²) in [5.74, 6) is 0. The second-order valence-electron chi connectivity index (χ2n) is 3.39. The molecule has 2 aromatic rings. The Morgan fingerprint density at radius 2 is 2.00 bits per heavy atom. The molecule has 17 heavy (non-hydrogen) atoms. The molecule has 1 unspecified atom stereocenters. The predicted octanol–water partition coefficient (Wildman–Crippen LogP) is 3.60. The highest BCUT2D eigenvalue weighted by Gasteiger charge is 2.14. The summed E-state index contributed by atoms with van der Waals surface area (Å²) in [5.41, 5.74) is 0.875. The Kier molecular flexibility index (Phi) is 4.23. The summed E-state index contributed by atoms with van der Waals surface area (Å²) < 4.78 is 0.608. The number of nitrogens with one attached hydrogen (secondary N) is 1. The number of rotatable bonds is 4. The van der Waals surface area contributed by atoms with E-state index in [1.165, 1.54) is 11.3 Å². The van der Waals surface area contributed by atoms with Crippen molar-refractivity contribution in [1.29, 1.82) is 0 Å². The average molecular weight is 289 g/mol. The van der Waals surface area contributed by atoms with Gasteiger partial charge in [-0.2, -0.15) is 0 Å². The number of anilines is 1. The van der Waals surface area contributed by atoms with Crippen LogP contribution >= 0.6 is 34.5 Å². The van der Waals surface area contributed by atoms with Crippen LogP contribution in [0, 0.1) is 0 Å². The zero-order valence-corrected chi connectivity index (χ0v) is 11.1. The van der Waals surface area contributed by atoms with Gasteiger partial charge in [0.2, 0.25) is 0 Å². The molecule has 2 N–H and O–H groups in total. The number of aromatic nitrogens is 1. The molecular weight excluding hydrogens is 279 g/mol. The summed E-state index contributed by atoms with van der Waals surface area (Å²) in [6.07, 6.45) is 1.58. The summed E-state index contributed by atoms with van der Waals surface area (Å²) in [5, 5.41) is 13.9. The zero-order valence-electron chi connectivity index (χ0n) is 8.73. The first-order valence-electron chi connectivity index (χ1n) is 4.93. The molecule has 1 heterocycles. The second-order valence-corrected chi connectivity index (χ2v) is 5.52. The molecule has 0 saturated carbocycles. The van der Waals surface area contributed by atoms with Gasteiger partial charge in [0.05, 0.1) is 12.8 Å². The smallest absolute Gasteiger partial charge is 0.119 e. The van der Waals surface area contributed by atoms with Crippen molar-refractivity contribution in [3.63, 3.8) is 0 Å². The van der Waals surface area contributed by atoms with Crippen LogP contribution < -0.4 is 5.32 Å². The average Bonchev–Trinajstić information content (AvgIpc) is 2.75. The molecule has 1 aromatic heterocycles. The Balaban J connectivity index is 2.12. The van der Waals surface area contributed by atoms with E-state index in [9.17, 15) is 5.11 Å². The first-order valence-corrected chi connectivity index (χ1v) is 6.50. The third-order valence-electron chi connectivity index (χ3n) is 2.16. The molecule has 0 amide bonds.